The molecule has 106 valence electrons. The zero-order chi connectivity index (χ0) is 14.7. The van der Waals surface area contributed by atoms with E-state index in [2.05, 4.69) is 30.4 Å². The third kappa shape index (κ3) is 3.11. The Bertz CT molecular complexity index is 747. The number of nitrogens with one attached hydrogen (secondary N) is 1. The van der Waals surface area contributed by atoms with Gasteiger partial charge in [-0.2, -0.15) is 24.7 Å². The van der Waals surface area contributed by atoms with Crippen LogP contribution in [0.5, 0.6) is 0 Å². The second-order valence-corrected chi connectivity index (χ2v) is 5.28. The van der Waals surface area contributed by atoms with E-state index in [-0.39, 0.29) is 0 Å². The van der Waals surface area contributed by atoms with Gasteiger partial charge in [-0.1, -0.05) is 23.7 Å². The van der Waals surface area contributed by atoms with Crippen molar-refractivity contribution < 1.29 is 0 Å². The molecule has 0 aliphatic heterocycles. The summed E-state index contributed by atoms with van der Waals surface area (Å²) in [6.45, 7) is 0. The van der Waals surface area contributed by atoms with Crippen LogP contribution in [-0.2, 0) is 0 Å². The third-order valence-corrected chi connectivity index (χ3v) is 3.87. The van der Waals surface area contributed by atoms with E-state index in [4.69, 9.17) is 11.6 Å². The molecule has 0 saturated heterocycles. The Balaban J connectivity index is 1.99. The predicted octanol–water partition coefficient (Wildman–Crippen LogP) is 2.30. The molecule has 7 nitrogen and oxygen atoms in total. The normalized spacial score (nSPS) is 10.6. The highest BCUT2D eigenvalue weighted by atomic mass is 35.5. The Hall–Kier alpha value is -2.19. The van der Waals surface area contributed by atoms with Crippen LogP contribution >= 0.6 is 23.4 Å². The average Bonchev–Trinajstić information content (AvgIpc) is 3.04. The van der Waals surface area contributed by atoms with Crippen LogP contribution in [-0.4, -0.2) is 36.8 Å². The molecule has 0 aliphatic carbocycles. The fourth-order valence-electron chi connectivity index (χ4n) is 1.54. The number of anilines is 1. The molecule has 1 aromatic carbocycles. The lowest BCUT2D eigenvalue weighted by Gasteiger charge is -2.06. The maximum atomic E-state index is 6.15. The summed E-state index contributed by atoms with van der Waals surface area (Å²) in [7, 11) is 1.74. The van der Waals surface area contributed by atoms with Crippen molar-refractivity contribution in [3.63, 3.8) is 0 Å². The molecule has 3 rings (SSSR count). The van der Waals surface area contributed by atoms with Gasteiger partial charge in [0.15, 0.2) is 5.16 Å². The summed E-state index contributed by atoms with van der Waals surface area (Å²) in [5.41, 5.74) is 0. The van der Waals surface area contributed by atoms with Gasteiger partial charge in [-0.05, 0) is 23.9 Å². The van der Waals surface area contributed by atoms with Crippen LogP contribution in [0, 0.1) is 0 Å². The largest absolute Gasteiger partial charge is 0.357 e. The van der Waals surface area contributed by atoms with E-state index >= 15 is 0 Å². The molecule has 0 saturated carbocycles. The minimum Gasteiger partial charge on any atom is -0.357 e. The van der Waals surface area contributed by atoms with E-state index < -0.39 is 0 Å². The van der Waals surface area contributed by atoms with Crippen LogP contribution < -0.4 is 5.32 Å². The van der Waals surface area contributed by atoms with E-state index in [0.29, 0.717) is 22.1 Å². The first-order valence-electron chi connectivity index (χ1n) is 5.97. The van der Waals surface area contributed by atoms with E-state index in [1.54, 1.807) is 7.05 Å². The highest BCUT2D eigenvalue weighted by molar-refractivity contribution is 7.99. The summed E-state index contributed by atoms with van der Waals surface area (Å²) in [5.74, 6) is 0.839. The zero-order valence-electron chi connectivity index (χ0n) is 10.9. The lowest BCUT2D eigenvalue weighted by Crippen LogP contribution is -2.07. The molecule has 0 spiro atoms. The van der Waals surface area contributed by atoms with Gasteiger partial charge in [-0.15, -0.1) is 0 Å². The molecular weight excluding hydrogens is 310 g/mol. The van der Waals surface area contributed by atoms with Gasteiger partial charge in [0.2, 0.25) is 5.95 Å². The van der Waals surface area contributed by atoms with Crippen LogP contribution in [0.2, 0.25) is 5.02 Å². The molecule has 0 fully saturated rings. The van der Waals surface area contributed by atoms with Gasteiger partial charge < -0.3 is 5.32 Å². The molecular formula is C12H10ClN7S. The summed E-state index contributed by atoms with van der Waals surface area (Å²) < 4.78 is 1.47. The summed E-state index contributed by atoms with van der Waals surface area (Å²) in [5, 5.41) is 8.09. The molecule has 0 atom stereocenters. The summed E-state index contributed by atoms with van der Waals surface area (Å²) in [4.78, 5) is 17.7. The van der Waals surface area contributed by atoms with E-state index in [0.717, 1.165) is 4.90 Å². The highest BCUT2D eigenvalue weighted by Crippen LogP contribution is 2.31. The van der Waals surface area contributed by atoms with Crippen molar-refractivity contribution in [2.24, 2.45) is 0 Å². The van der Waals surface area contributed by atoms with Gasteiger partial charge in [0.25, 0.3) is 5.95 Å². The van der Waals surface area contributed by atoms with Crippen molar-refractivity contribution in [1.29, 1.82) is 0 Å². The number of hydrogen-bond donors (Lipinski definition) is 1. The quantitative estimate of drug-likeness (QED) is 0.790. The molecule has 21 heavy (non-hydrogen) atoms. The smallest absolute Gasteiger partial charge is 0.257 e. The van der Waals surface area contributed by atoms with Gasteiger partial charge in [-0.3, -0.25) is 0 Å². The molecule has 2 aromatic heterocycles. The number of rotatable bonds is 4. The minimum absolute atomic E-state index is 0.390. The van der Waals surface area contributed by atoms with Gasteiger partial charge in [0.1, 0.15) is 12.7 Å². The number of aromatic nitrogens is 6. The summed E-state index contributed by atoms with van der Waals surface area (Å²) >= 11 is 7.51. The van der Waals surface area contributed by atoms with Gasteiger partial charge in [-0.25, -0.2) is 4.98 Å². The highest BCUT2D eigenvalue weighted by Gasteiger charge is 2.10. The van der Waals surface area contributed by atoms with Gasteiger partial charge in [0.05, 0.1) is 5.02 Å². The van der Waals surface area contributed by atoms with E-state index in [1.165, 1.54) is 29.1 Å². The molecule has 2 heterocycles. The maximum Gasteiger partial charge on any atom is 0.257 e. The molecule has 1 N–H and O–H groups in total. The molecule has 0 unspecified atom stereocenters. The lowest BCUT2D eigenvalue weighted by molar-refractivity contribution is 0.761. The maximum absolute atomic E-state index is 6.15. The first-order chi connectivity index (χ1) is 10.3. The van der Waals surface area contributed by atoms with Crippen LogP contribution in [0.15, 0.2) is 47.0 Å². The van der Waals surface area contributed by atoms with Crippen LogP contribution in [0.25, 0.3) is 5.95 Å². The molecule has 3 aromatic rings. The number of nitrogens with zero attached hydrogens (tertiary/aromatic N) is 6. The number of hydrogen-bond acceptors (Lipinski definition) is 7. The summed E-state index contributed by atoms with van der Waals surface area (Å²) in [6.07, 6.45) is 2.95. The monoisotopic (exact) mass is 319 g/mol. The van der Waals surface area contributed by atoms with Crippen molar-refractivity contribution in [2.75, 3.05) is 12.4 Å². The second-order valence-electron chi connectivity index (χ2n) is 3.86. The topological polar surface area (TPSA) is 81.4 Å². The molecule has 0 bridgehead atoms. The predicted molar refractivity (Wildman–Crippen MR) is 79.9 cm³/mol. The van der Waals surface area contributed by atoms with Crippen molar-refractivity contribution >= 4 is 29.3 Å². The van der Waals surface area contributed by atoms with Crippen LogP contribution in [0.4, 0.5) is 5.95 Å². The van der Waals surface area contributed by atoms with Crippen LogP contribution in [0.3, 0.4) is 0 Å². The Labute approximate surface area is 129 Å². The number of benzene rings is 1. The molecule has 9 heteroatoms. The molecule has 0 aliphatic rings. The molecule has 0 amide bonds. The molecule has 0 radical (unpaired) electrons. The van der Waals surface area contributed by atoms with E-state index in [9.17, 15) is 0 Å². The van der Waals surface area contributed by atoms with Gasteiger partial charge in [0, 0.05) is 11.9 Å². The first-order valence-corrected chi connectivity index (χ1v) is 7.17. The minimum atomic E-state index is 0.390. The fraction of sp³-hybridized carbons (Fsp3) is 0.0833. The standard InChI is InChI=1S/C12H10ClN7S/c1-14-10-17-11(20-7-15-6-16-20)19-12(18-10)21-9-5-3-2-4-8(9)13/h2-7H,1H3,(H,14,17,18,19). The lowest BCUT2D eigenvalue weighted by atomic mass is 10.4. The average molecular weight is 320 g/mol. The Kier molecular flexibility index (Phi) is 3.98. The third-order valence-electron chi connectivity index (χ3n) is 2.49. The Morgan fingerprint density at radius 2 is 2.05 bits per heavy atom. The van der Waals surface area contributed by atoms with Gasteiger partial charge >= 0.3 is 0 Å². The van der Waals surface area contributed by atoms with Crippen molar-refractivity contribution in [2.45, 2.75) is 10.1 Å². The van der Waals surface area contributed by atoms with Crippen molar-refractivity contribution in [1.82, 2.24) is 29.7 Å². The Morgan fingerprint density at radius 3 is 2.76 bits per heavy atom. The van der Waals surface area contributed by atoms with Crippen LogP contribution in [0.1, 0.15) is 0 Å². The summed E-state index contributed by atoms with van der Waals surface area (Å²) in [6, 6.07) is 7.51. The SMILES string of the molecule is CNc1nc(Sc2ccccc2Cl)nc(-n2cncn2)n1. The zero-order valence-corrected chi connectivity index (χ0v) is 12.5. The van der Waals surface area contributed by atoms with Crippen molar-refractivity contribution in [3.8, 4) is 5.95 Å². The Morgan fingerprint density at radius 1 is 1.19 bits per heavy atom. The number of halogens is 1. The van der Waals surface area contributed by atoms with E-state index in [1.807, 2.05) is 24.3 Å². The van der Waals surface area contributed by atoms with Crippen molar-refractivity contribution in [3.05, 3.63) is 41.9 Å². The fourth-order valence-corrected chi connectivity index (χ4v) is 2.56. The second kappa shape index (κ2) is 6.06. The first kappa shape index (κ1) is 13.8.